The van der Waals surface area contributed by atoms with Gasteiger partial charge in [0.25, 0.3) is 0 Å². The van der Waals surface area contributed by atoms with E-state index in [9.17, 15) is 5.11 Å². The number of para-hydroxylation sites is 1. The zero-order chi connectivity index (χ0) is 12.8. The maximum absolute atomic E-state index is 11.3. The second-order valence-corrected chi connectivity index (χ2v) is 6.34. The highest BCUT2D eigenvalue weighted by Gasteiger charge is 2.48. The van der Waals surface area contributed by atoms with Gasteiger partial charge in [-0.15, -0.1) is 0 Å². The molecule has 98 valence electrons. The normalized spacial score (nSPS) is 29.7. The molecule has 18 heavy (non-hydrogen) atoms. The van der Waals surface area contributed by atoms with E-state index in [0.29, 0.717) is 0 Å². The predicted octanol–water partition coefficient (Wildman–Crippen LogP) is 3.41. The average Bonchev–Trinajstić information content (AvgIpc) is 2.80. The number of fused-ring (bicyclic) bond motifs is 1. The van der Waals surface area contributed by atoms with Gasteiger partial charge in [-0.3, -0.25) is 0 Å². The van der Waals surface area contributed by atoms with E-state index in [4.69, 9.17) is 4.74 Å². The lowest BCUT2D eigenvalue weighted by molar-refractivity contribution is -0.105. The fourth-order valence-corrected chi connectivity index (χ4v) is 3.53. The van der Waals surface area contributed by atoms with E-state index in [1.807, 2.05) is 0 Å². The molecule has 1 atom stereocenters. The van der Waals surface area contributed by atoms with Gasteiger partial charge in [-0.05, 0) is 23.8 Å². The summed E-state index contributed by atoms with van der Waals surface area (Å²) >= 11 is 0. The number of hydrogen-bond acceptors (Lipinski definition) is 2. The summed E-state index contributed by atoms with van der Waals surface area (Å²) in [5.74, 6) is 0.954. The lowest BCUT2D eigenvalue weighted by Crippen LogP contribution is -2.44. The van der Waals surface area contributed by atoms with Gasteiger partial charge < -0.3 is 9.84 Å². The Morgan fingerprint density at radius 3 is 2.72 bits per heavy atom. The summed E-state index contributed by atoms with van der Waals surface area (Å²) in [4.78, 5) is 0. The van der Waals surface area contributed by atoms with Gasteiger partial charge in [-0.2, -0.15) is 0 Å². The van der Waals surface area contributed by atoms with E-state index < -0.39 is 5.60 Å². The molecule has 2 nitrogen and oxygen atoms in total. The van der Waals surface area contributed by atoms with Crippen molar-refractivity contribution >= 4 is 0 Å². The molecule has 1 aromatic carbocycles. The molecule has 1 saturated carbocycles. The lowest BCUT2D eigenvalue weighted by atomic mass is 9.62. The summed E-state index contributed by atoms with van der Waals surface area (Å²) in [6.07, 6.45) is 5.21. The molecular formula is C16H22O2. The van der Waals surface area contributed by atoms with Crippen molar-refractivity contribution in [2.45, 2.75) is 51.6 Å². The first-order valence-corrected chi connectivity index (χ1v) is 7.02. The average molecular weight is 246 g/mol. The van der Waals surface area contributed by atoms with Crippen molar-refractivity contribution in [3.8, 4) is 5.75 Å². The van der Waals surface area contributed by atoms with Crippen LogP contribution in [0.5, 0.6) is 5.75 Å². The van der Waals surface area contributed by atoms with Crippen LogP contribution in [0.15, 0.2) is 18.2 Å². The molecule has 1 aliphatic carbocycles. The Morgan fingerprint density at radius 2 is 1.94 bits per heavy atom. The molecular weight excluding hydrogens is 224 g/mol. The summed E-state index contributed by atoms with van der Waals surface area (Å²) in [6, 6.07) is 6.23. The molecule has 0 aromatic heterocycles. The first kappa shape index (κ1) is 12.0. The van der Waals surface area contributed by atoms with Gasteiger partial charge in [-0.1, -0.05) is 44.9 Å². The molecule has 1 unspecified atom stereocenters. The topological polar surface area (TPSA) is 29.5 Å². The molecule has 0 spiro atoms. The molecule has 1 aromatic rings. The van der Waals surface area contributed by atoms with Crippen LogP contribution in [-0.4, -0.2) is 11.7 Å². The van der Waals surface area contributed by atoms with E-state index in [1.54, 1.807) is 0 Å². The SMILES string of the molecule is CC1(C)CCCCC1(O)c1cccc2c1OCC2. The van der Waals surface area contributed by atoms with Crippen molar-refractivity contribution in [1.29, 1.82) is 0 Å². The minimum atomic E-state index is -0.735. The summed E-state index contributed by atoms with van der Waals surface area (Å²) in [6.45, 7) is 5.11. The number of ether oxygens (including phenoxy) is 1. The van der Waals surface area contributed by atoms with Crippen LogP contribution in [0.2, 0.25) is 0 Å². The van der Waals surface area contributed by atoms with Crippen molar-refractivity contribution in [2.75, 3.05) is 6.61 Å². The van der Waals surface area contributed by atoms with Gasteiger partial charge in [0, 0.05) is 12.0 Å². The summed E-state index contributed by atoms with van der Waals surface area (Å²) in [5, 5.41) is 11.3. The zero-order valence-corrected chi connectivity index (χ0v) is 11.3. The standard InChI is InChI=1S/C16H22O2/c1-15(2)9-3-4-10-16(15,17)13-7-5-6-12-8-11-18-14(12)13/h5-7,17H,3-4,8-11H2,1-2H3. The van der Waals surface area contributed by atoms with Crippen LogP contribution in [0.4, 0.5) is 0 Å². The fraction of sp³-hybridized carbons (Fsp3) is 0.625. The molecule has 2 heteroatoms. The van der Waals surface area contributed by atoms with Gasteiger partial charge >= 0.3 is 0 Å². The molecule has 0 saturated heterocycles. The maximum Gasteiger partial charge on any atom is 0.128 e. The van der Waals surface area contributed by atoms with Gasteiger partial charge in [0.1, 0.15) is 5.75 Å². The van der Waals surface area contributed by atoms with Crippen LogP contribution >= 0.6 is 0 Å². The first-order valence-electron chi connectivity index (χ1n) is 7.02. The van der Waals surface area contributed by atoms with Crippen molar-refractivity contribution in [1.82, 2.24) is 0 Å². The van der Waals surface area contributed by atoms with Crippen molar-refractivity contribution in [3.05, 3.63) is 29.3 Å². The second kappa shape index (κ2) is 3.99. The Morgan fingerprint density at radius 1 is 1.17 bits per heavy atom. The quantitative estimate of drug-likeness (QED) is 0.823. The van der Waals surface area contributed by atoms with Crippen LogP contribution < -0.4 is 4.74 Å². The van der Waals surface area contributed by atoms with Crippen molar-refractivity contribution in [2.24, 2.45) is 5.41 Å². The molecule has 3 rings (SSSR count). The number of hydrogen-bond donors (Lipinski definition) is 1. The monoisotopic (exact) mass is 246 g/mol. The van der Waals surface area contributed by atoms with Crippen LogP contribution in [0.25, 0.3) is 0 Å². The van der Waals surface area contributed by atoms with E-state index in [0.717, 1.165) is 43.6 Å². The third-order valence-electron chi connectivity index (χ3n) is 4.87. The van der Waals surface area contributed by atoms with Gasteiger partial charge in [0.2, 0.25) is 0 Å². The molecule has 0 bridgehead atoms. The van der Waals surface area contributed by atoms with Gasteiger partial charge in [-0.25, -0.2) is 0 Å². The number of rotatable bonds is 1. The van der Waals surface area contributed by atoms with E-state index >= 15 is 0 Å². The minimum absolute atomic E-state index is 0.0771. The van der Waals surface area contributed by atoms with Crippen LogP contribution in [0.3, 0.4) is 0 Å². The smallest absolute Gasteiger partial charge is 0.128 e. The van der Waals surface area contributed by atoms with Crippen LogP contribution in [0.1, 0.15) is 50.7 Å². The molecule has 1 N–H and O–H groups in total. The Hall–Kier alpha value is -1.02. The number of benzene rings is 1. The molecule has 0 amide bonds. The highest BCUT2D eigenvalue weighted by atomic mass is 16.5. The third-order valence-corrected chi connectivity index (χ3v) is 4.87. The molecule has 1 heterocycles. The van der Waals surface area contributed by atoms with E-state index in [1.165, 1.54) is 12.0 Å². The summed E-state index contributed by atoms with van der Waals surface area (Å²) in [5.41, 5.74) is 1.46. The van der Waals surface area contributed by atoms with Crippen LogP contribution in [0, 0.1) is 5.41 Å². The van der Waals surface area contributed by atoms with Crippen LogP contribution in [-0.2, 0) is 12.0 Å². The summed E-state index contributed by atoms with van der Waals surface area (Å²) in [7, 11) is 0. The van der Waals surface area contributed by atoms with E-state index in [-0.39, 0.29) is 5.41 Å². The molecule has 1 fully saturated rings. The molecule has 1 aliphatic heterocycles. The second-order valence-electron chi connectivity index (χ2n) is 6.34. The van der Waals surface area contributed by atoms with E-state index in [2.05, 4.69) is 32.0 Å². The largest absolute Gasteiger partial charge is 0.493 e. The molecule has 0 radical (unpaired) electrons. The third kappa shape index (κ3) is 1.58. The first-order chi connectivity index (χ1) is 8.55. The molecule has 2 aliphatic rings. The zero-order valence-electron chi connectivity index (χ0n) is 11.3. The fourth-order valence-electron chi connectivity index (χ4n) is 3.53. The number of aliphatic hydroxyl groups is 1. The maximum atomic E-state index is 11.3. The predicted molar refractivity (Wildman–Crippen MR) is 71.8 cm³/mol. The van der Waals surface area contributed by atoms with Gasteiger partial charge in [0.05, 0.1) is 12.2 Å². The van der Waals surface area contributed by atoms with Crippen molar-refractivity contribution in [3.63, 3.8) is 0 Å². The highest BCUT2D eigenvalue weighted by molar-refractivity contribution is 5.47. The Bertz CT molecular complexity index is 464. The highest BCUT2D eigenvalue weighted by Crippen LogP contribution is 2.53. The Kier molecular flexibility index (Phi) is 2.67. The Labute approximate surface area is 109 Å². The van der Waals surface area contributed by atoms with Gasteiger partial charge in [0.15, 0.2) is 0 Å². The Balaban J connectivity index is 2.11. The van der Waals surface area contributed by atoms with Crippen molar-refractivity contribution < 1.29 is 9.84 Å². The lowest BCUT2D eigenvalue weighted by Gasteiger charge is -2.47. The minimum Gasteiger partial charge on any atom is -0.493 e. The summed E-state index contributed by atoms with van der Waals surface area (Å²) < 4.78 is 5.78.